The minimum atomic E-state index is -1.64. The Kier molecular flexibility index (Phi) is 12.7. The third-order valence-electron chi connectivity index (χ3n) is 12.4. The summed E-state index contributed by atoms with van der Waals surface area (Å²) in [4.78, 5) is 57.3. The summed E-state index contributed by atoms with van der Waals surface area (Å²) in [5, 5.41) is 24.0. The molecule has 274 valence electrons. The van der Waals surface area contributed by atoms with Crippen LogP contribution in [0.1, 0.15) is 126 Å². The van der Waals surface area contributed by atoms with Crippen molar-refractivity contribution < 1.29 is 38.9 Å². The van der Waals surface area contributed by atoms with E-state index in [0.717, 1.165) is 29.6 Å². The molecule has 0 aromatic carbocycles. The molecule has 10 atom stereocenters. The van der Waals surface area contributed by atoms with Gasteiger partial charge in [-0.2, -0.15) is 0 Å². The average molecular weight is 683 g/mol. The van der Waals surface area contributed by atoms with Crippen LogP contribution in [-0.4, -0.2) is 64.6 Å². The first-order chi connectivity index (χ1) is 22.9. The van der Waals surface area contributed by atoms with E-state index in [4.69, 9.17) is 9.47 Å². The van der Waals surface area contributed by atoms with Gasteiger partial charge in [0.25, 0.3) is 0 Å². The van der Waals surface area contributed by atoms with Gasteiger partial charge in [0.05, 0.1) is 36.4 Å². The lowest BCUT2D eigenvalue weighted by molar-refractivity contribution is -0.167. The lowest BCUT2D eigenvalue weighted by Crippen LogP contribution is -2.55. The highest BCUT2D eigenvalue weighted by Crippen LogP contribution is 2.55. The largest absolute Gasteiger partial charge is 0.469 e. The third-order valence-corrected chi connectivity index (χ3v) is 12.4. The molecule has 0 aromatic rings. The van der Waals surface area contributed by atoms with Crippen LogP contribution in [0, 0.1) is 40.9 Å². The summed E-state index contributed by atoms with van der Waals surface area (Å²) in [5.74, 6) is -3.55. The number of fused-ring (bicyclic) bond motifs is 5. The molecule has 49 heavy (non-hydrogen) atoms. The van der Waals surface area contributed by atoms with E-state index < -0.39 is 46.9 Å². The zero-order valence-corrected chi connectivity index (χ0v) is 31.5. The predicted octanol–water partition coefficient (Wildman–Crippen LogP) is 7.05. The van der Waals surface area contributed by atoms with Gasteiger partial charge in [-0.1, -0.05) is 63.8 Å². The summed E-state index contributed by atoms with van der Waals surface area (Å²) in [7, 11) is 1.30. The van der Waals surface area contributed by atoms with Crippen LogP contribution in [0.15, 0.2) is 34.4 Å². The van der Waals surface area contributed by atoms with E-state index in [2.05, 4.69) is 6.08 Å². The number of hydrogen-bond donors (Lipinski definition) is 2. The molecule has 1 fully saturated rings. The van der Waals surface area contributed by atoms with E-state index in [1.54, 1.807) is 6.92 Å². The standard InChI is InChI=1S/C41H62O8/c1-23(2)29-20-32(42)26(5)12-10-11-24(3)18-33(43)30-19-28(7)38-31(41(30,22-34(29)44)39(46)48-9)17-25(4)13-15-36-27(6)14-16-37(49-36)40(8,47)21-35(38)45/h14,17,23-24,26,29-31,35-37,45,47H,10-13,15-16,18-22H2,1-9H3/b25-17+/t24-,26+,29-,30+,31-,35-,36-,37+,40-,41+/m1/s1. The van der Waals surface area contributed by atoms with Crippen LogP contribution in [0.4, 0.5) is 0 Å². The molecule has 2 aliphatic carbocycles. The number of Topliss-reactive ketones (excluding diaryl/α,β-unsaturated/α-hetero) is 3. The molecule has 1 saturated carbocycles. The fourth-order valence-corrected chi connectivity index (χ4v) is 9.18. The van der Waals surface area contributed by atoms with E-state index in [1.807, 2.05) is 54.5 Å². The SMILES string of the molecule is COC(=O)[C@@]12CC(=O)[C@@H](C(C)C)CC(=O)[C@@H](C)CCC[C@@H](C)CC(=O)[C@@H]1CC(C)=C1[C@H](O)C[C@@](C)(O)[C@@H]3CC=C(C)[C@@H](CC/C(C)=C/[C@H]12)O3. The topological polar surface area (TPSA) is 127 Å². The molecule has 2 N–H and O–H groups in total. The normalized spacial score (nSPS) is 40.1. The molecule has 4 aliphatic rings. The van der Waals surface area contributed by atoms with E-state index in [0.29, 0.717) is 31.3 Å². The highest BCUT2D eigenvalue weighted by atomic mass is 16.5. The summed E-state index contributed by atoms with van der Waals surface area (Å²) >= 11 is 0. The molecule has 0 saturated heterocycles. The van der Waals surface area contributed by atoms with Crippen LogP contribution in [0.3, 0.4) is 0 Å². The van der Waals surface area contributed by atoms with E-state index in [9.17, 15) is 29.4 Å². The average Bonchev–Trinajstić information content (AvgIpc) is 3.02. The third kappa shape index (κ3) is 8.39. The Morgan fingerprint density at radius 3 is 2.35 bits per heavy atom. The second-order valence-electron chi connectivity index (χ2n) is 16.7. The first-order valence-electron chi connectivity index (χ1n) is 18.7. The van der Waals surface area contributed by atoms with Crippen molar-refractivity contribution in [3.63, 3.8) is 0 Å². The number of hydrogen-bond acceptors (Lipinski definition) is 8. The zero-order chi connectivity index (χ0) is 36.4. The van der Waals surface area contributed by atoms with Crippen LogP contribution in [-0.2, 0) is 28.7 Å². The number of aliphatic hydroxyl groups is 2. The molecule has 0 unspecified atom stereocenters. The highest BCUT2D eigenvalue weighted by molar-refractivity contribution is 5.97. The number of methoxy groups -OCH3 is 1. The van der Waals surface area contributed by atoms with Crippen molar-refractivity contribution in [2.45, 2.75) is 150 Å². The molecule has 0 amide bonds. The van der Waals surface area contributed by atoms with Crippen molar-refractivity contribution >= 4 is 23.3 Å². The lowest BCUT2D eigenvalue weighted by Gasteiger charge is -2.50. The first kappa shape index (κ1) is 39.4. The Bertz CT molecular complexity index is 1370. The number of rotatable bonds is 2. The number of carbonyl (C=O) groups is 4. The Balaban J connectivity index is 1.98. The quantitative estimate of drug-likeness (QED) is 0.234. The van der Waals surface area contributed by atoms with Crippen molar-refractivity contribution in [3.05, 3.63) is 34.4 Å². The smallest absolute Gasteiger partial charge is 0.313 e. The number of ether oxygens (including phenoxy) is 2. The summed E-state index contributed by atoms with van der Waals surface area (Å²) < 4.78 is 12.0. The van der Waals surface area contributed by atoms with Gasteiger partial charge < -0.3 is 19.7 Å². The molecule has 8 nitrogen and oxygen atoms in total. The number of aliphatic hydroxyl groups excluding tert-OH is 1. The molecule has 2 heterocycles. The van der Waals surface area contributed by atoms with Gasteiger partial charge >= 0.3 is 5.97 Å². The van der Waals surface area contributed by atoms with E-state index >= 15 is 0 Å². The second kappa shape index (κ2) is 15.9. The van der Waals surface area contributed by atoms with Gasteiger partial charge in [-0.25, -0.2) is 0 Å². The molecule has 2 aliphatic heterocycles. The Hall–Kier alpha value is -2.42. The molecular weight excluding hydrogens is 620 g/mol. The first-order valence-corrected chi connectivity index (χ1v) is 18.7. The number of ketones is 3. The van der Waals surface area contributed by atoms with E-state index in [1.165, 1.54) is 7.11 Å². The Labute approximate surface area is 294 Å². The van der Waals surface area contributed by atoms with Gasteiger partial charge in [-0.05, 0) is 82.8 Å². The molecule has 2 bridgehead atoms. The molecule has 0 aromatic heterocycles. The number of allylic oxidation sites excluding steroid dienone is 3. The van der Waals surface area contributed by atoms with Crippen LogP contribution in [0.2, 0.25) is 0 Å². The molecular formula is C41H62O8. The van der Waals surface area contributed by atoms with Gasteiger partial charge in [0, 0.05) is 49.4 Å². The van der Waals surface area contributed by atoms with Gasteiger partial charge in [-0.15, -0.1) is 0 Å². The zero-order valence-electron chi connectivity index (χ0n) is 31.5. The monoisotopic (exact) mass is 682 g/mol. The van der Waals surface area contributed by atoms with E-state index in [-0.39, 0.29) is 73.3 Å². The van der Waals surface area contributed by atoms with Gasteiger partial charge in [-0.3, -0.25) is 19.2 Å². The van der Waals surface area contributed by atoms with Crippen molar-refractivity contribution in [1.29, 1.82) is 0 Å². The molecule has 4 rings (SSSR count). The molecule has 8 heteroatoms. The van der Waals surface area contributed by atoms with Gasteiger partial charge in [0.15, 0.2) is 0 Å². The Morgan fingerprint density at radius 1 is 1.00 bits per heavy atom. The fraction of sp³-hybridized carbons (Fsp3) is 0.756. The Morgan fingerprint density at radius 2 is 1.69 bits per heavy atom. The lowest BCUT2D eigenvalue weighted by atomic mass is 9.52. The van der Waals surface area contributed by atoms with Crippen molar-refractivity contribution in [2.75, 3.05) is 7.11 Å². The summed E-state index contributed by atoms with van der Waals surface area (Å²) in [6.45, 7) is 15.4. The summed E-state index contributed by atoms with van der Waals surface area (Å²) in [6, 6.07) is 0. The van der Waals surface area contributed by atoms with Gasteiger partial charge in [0.1, 0.15) is 17.3 Å². The number of esters is 1. The highest BCUT2D eigenvalue weighted by Gasteiger charge is 2.60. The maximum atomic E-state index is 14.7. The second-order valence-corrected chi connectivity index (χ2v) is 16.7. The summed E-state index contributed by atoms with van der Waals surface area (Å²) in [6.07, 6.45) is 6.46. The minimum Gasteiger partial charge on any atom is -0.469 e. The van der Waals surface area contributed by atoms with Crippen molar-refractivity contribution in [2.24, 2.45) is 40.9 Å². The summed E-state index contributed by atoms with van der Waals surface area (Å²) in [5.41, 5.74) is 0.359. The number of carbonyl (C=O) groups excluding carboxylic acids is 4. The van der Waals surface area contributed by atoms with Crippen LogP contribution in [0.5, 0.6) is 0 Å². The molecule has 0 radical (unpaired) electrons. The van der Waals surface area contributed by atoms with Crippen LogP contribution in [0.25, 0.3) is 0 Å². The fourth-order valence-electron chi connectivity index (χ4n) is 9.18. The predicted molar refractivity (Wildman–Crippen MR) is 189 cm³/mol. The van der Waals surface area contributed by atoms with Crippen molar-refractivity contribution in [3.8, 4) is 0 Å². The van der Waals surface area contributed by atoms with Crippen molar-refractivity contribution in [1.82, 2.24) is 0 Å². The van der Waals surface area contributed by atoms with Gasteiger partial charge in [0.2, 0.25) is 0 Å². The maximum Gasteiger partial charge on any atom is 0.313 e. The van der Waals surface area contributed by atoms with Crippen LogP contribution >= 0.6 is 0 Å². The molecule has 0 spiro atoms. The minimum absolute atomic E-state index is 0.0304. The maximum absolute atomic E-state index is 14.7. The van der Waals surface area contributed by atoms with Crippen LogP contribution < -0.4 is 0 Å².